The number of fused-ring (bicyclic) bond motifs is 1. The highest BCUT2D eigenvalue weighted by atomic mass is 35.5. The number of halogens is 2. The lowest BCUT2D eigenvalue weighted by atomic mass is 9.94. The summed E-state index contributed by atoms with van der Waals surface area (Å²) in [6.45, 7) is 3.08. The number of aryl methyl sites for hydroxylation is 1. The molecule has 0 amide bonds. The summed E-state index contributed by atoms with van der Waals surface area (Å²) in [7, 11) is -4.12. The molecular formula is C26H25Cl2NO5S. The quantitative estimate of drug-likeness (QED) is 0.400. The zero-order chi connectivity index (χ0) is 25.4. The average molecular weight is 534 g/mol. The fourth-order valence-corrected chi connectivity index (χ4v) is 5.88. The number of ether oxygens (including phenoxy) is 1. The van der Waals surface area contributed by atoms with Gasteiger partial charge in [-0.2, -0.15) is 4.31 Å². The third kappa shape index (κ3) is 5.81. The van der Waals surface area contributed by atoms with Crippen molar-refractivity contribution in [2.45, 2.75) is 43.7 Å². The Morgan fingerprint density at radius 1 is 1.06 bits per heavy atom. The molecule has 0 spiro atoms. The zero-order valence-corrected chi connectivity index (χ0v) is 21.6. The van der Waals surface area contributed by atoms with Gasteiger partial charge in [0, 0.05) is 16.6 Å². The summed E-state index contributed by atoms with van der Waals surface area (Å²) in [4.78, 5) is 11.6. The van der Waals surface area contributed by atoms with E-state index in [2.05, 4.69) is 0 Å². The Morgan fingerprint density at radius 2 is 1.80 bits per heavy atom. The summed E-state index contributed by atoms with van der Waals surface area (Å²) in [5.74, 6) is -0.618. The molecule has 0 aliphatic carbocycles. The predicted octanol–water partition coefficient (Wildman–Crippen LogP) is 6.04. The van der Waals surface area contributed by atoms with Gasteiger partial charge in [-0.3, -0.25) is 4.79 Å². The number of carbonyl (C=O) groups is 1. The number of hydrogen-bond acceptors (Lipinski definition) is 4. The van der Waals surface area contributed by atoms with Crippen LogP contribution in [0, 0.1) is 0 Å². The van der Waals surface area contributed by atoms with Gasteiger partial charge in [0.2, 0.25) is 10.0 Å². The summed E-state index contributed by atoms with van der Waals surface area (Å²) < 4.78 is 33.8. The molecule has 9 heteroatoms. The molecule has 1 aliphatic heterocycles. The van der Waals surface area contributed by atoms with Crippen LogP contribution < -0.4 is 4.74 Å². The molecule has 1 N–H and O–H groups in total. The molecule has 184 valence electrons. The van der Waals surface area contributed by atoms with Crippen LogP contribution in [0.1, 0.15) is 31.4 Å². The summed E-state index contributed by atoms with van der Waals surface area (Å²) in [6.07, 6.45) is 1.42. The highest BCUT2D eigenvalue weighted by molar-refractivity contribution is 7.89. The normalized spacial score (nSPS) is 14.9. The van der Waals surface area contributed by atoms with Crippen LogP contribution in [0.4, 0.5) is 0 Å². The van der Waals surface area contributed by atoms with Crippen LogP contribution in [0.5, 0.6) is 5.75 Å². The Bertz CT molecular complexity index is 1390. The van der Waals surface area contributed by atoms with E-state index in [4.69, 9.17) is 27.9 Å². The van der Waals surface area contributed by atoms with Crippen molar-refractivity contribution in [2.24, 2.45) is 0 Å². The first kappa shape index (κ1) is 25.5. The lowest BCUT2D eigenvalue weighted by molar-refractivity contribution is -0.137. The number of benzene rings is 3. The van der Waals surface area contributed by atoms with Gasteiger partial charge in [-0.05, 0) is 85.3 Å². The smallest absolute Gasteiger partial charge is 0.318 e. The molecule has 6 nitrogen and oxygen atoms in total. The van der Waals surface area contributed by atoms with E-state index in [9.17, 15) is 18.3 Å². The minimum Gasteiger partial charge on any atom is -0.488 e. The second-order valence-electron chi connectivity index (χ2n) is 9.11. The second-order valence-corrected chi connectivity index (χ2v) is 11.9. The van der Waals surface area contributed by atoms with E-state index in [0.717, 1.165) is 27.4 Å². The van der Waals surface area contributed by atoms with Crippen molar-refractivity contribution in [3.8, 4) is 16.9 Å². The van der Waals surface area contributed by atoms with Crippen molar-refractivity contribution in [3.05, 3.63) is 81.8 Å². The maximum absolute atomic E-state index is 13.5. The van der Waals surface area contributed by atoms with Gasteiger partial charge in [0.15, 0.2) is 0 Å². The van der Waals surface area contributed by atoms with Crippen molar-refractivity contribution in [2.75, 3.05) is 6.54 Å². The van der Waals surface area contributed by atoms with Crippen molar-refractivity contribution < 1.29 is 23.1 Å². The molecule has 1 aliphatic rings. The third-order valence-electron chi connectivity index (χ3n) is 5.92. The van der Waals surface area contributed by atoms with Gasteiger partial charge in [-0.1, -0.05) is 47.5 Å². The minimum atomic E-state index is -4.12. The number of rotatable bonds is 7. The summed E-state index contributed by atoms with van der Waals surface area (Å²) >= 11 is 12.6. The monoisotopic (exact) mass is 533 g/mol. The van der Waals surface area contributed by atoms with E-state index >= 15 is 0 Å². The molecule has 0 bridgehead atoms. The first-order valence-electron chi connectivity index (χ1n) is 11.0. The SMILES string of the molecule is CC1(C)CCc2cc(S(=O)(=O)N(CC(=O)O)Cc3ccc(-c4cccc(Cl)c4)cc3Cl)ccc2O1. The highest BCUT2D eigenvalue weighted by Crippen LogP contribution is 2.35. The maximum atomic E-state index is 13.5. The Balaban J connectivity index is 1.64. The maximum Gasteiger partial charge on any atom is 0.318 e. The number of sulfonamides is 1. The highest BCUT2D eigenvalue weighted by Gasteiger charge is 2.31. The first-order chi connectivity index (χ1) is 16.4. The largest absolute Gasteiger partial charge is 0.488 e. The van der Waals surface area contributed by atoms with Crippen LogP contribution >= 0.6 is 23.2 Å². The molecule has 0 unspecified atom stereocenters. The van der Waals surface area contributed by atoms with Gasteiger partial charge < -0.3 is 9.84 Å². The van der Waals surface area contributed by atoms with E-state index in [1.165, 1.54) is 6.07 Å². The Morgan fingerprint density at radius 3 is 2.49 bits per heavy atom. The van der Waals surface area contributed by atoms with Gasteiger partial charge in [0.05, 0.1) is 4.90 Å². The fourth-order valence-electron chi connectivity index (χ4n) is 4.03. The Labute approximate surface area is 215 Å². The van der Waals surface area contributed by atoms with Gasteiger partial charge in [-0.25, -0.2) is 8.42 Å². The molecular weight excluding hydrogens is 509 g/mol. The van der Waals surface area contributed by atoms with E-state index in [0.29, 0.717) is 27.8 Å². The van der Waals surface area contributed by atoms with Crippen LogP contribution in [-0.4, -0.2) is 35.9 Å². The van der Waals surface area contributed by atoms with Crippen LogP contribution in [0.25, 0.3) is 11.1 Å². The molecule has 35 heavy (non-hydrogen) atoms. The van der Waals surface area contributed by atoms with E-state index in [1.807, 2.05) is 26.0 Å². The van der Waals surface area contributed by atoms with Crippen molar-refractivity contribution in [1.82, 2.24) is 4.31 Å². The molecule has 0 saturated heterocycles. The van der Waals surface area contributed by atoms with Crippen molar-refractivity contribution >= 4 is 39.2 Å². The zero-order valence-electron chi connectivity index (χ0n) is 19.3. The molecule has 0 atom stereocenters. The molecule has 0 radical (unpaired) electrons. The van der Waals surface area contributed by atoms with E-state index < -0.39 is 22.5 Å². The van der Waals surface area contributed by atoms with Crippen LogP contribution in [0.3, 0.4) is 0 Å². The van der Waals surface area contributed by atoms with Crippen molar-refractivity contribution in [1.29, 1.82) is 0 Å². The average Bonchev–Trinajstić information content (AvgIpc) is 2.78. The van der Waals surface area contributed by atoms with Gasteiger partial charge in [0.1, 0.15) is 17.9 Å². The second kappa shape index (κ2) is 9.82. The third-order valence-corrected chi connectivity index (χ3v) is 8.30. The van der Waals surface area contributed by atoms with Crippen LogP contribution in [0.15, 0.2) is 65.6 Å². The molecule has 3 aromatic carbocycles. The van der Waals surface area contributed by atoms with Gasteiger partial charge >= 0.3 is 5.97 Å². The number of carboxylic acid groups (broad SMARTS) is 1. The molecule has 3 aromatic rings. The van der Waals surface area contributed by atoms with Gasteiger partial charge in [0.25, 0.3) is 0 Å². The topological polar surface area (TPSA) is 83.9 Å². The summed E-state index contributed by atoms with van der Waals surface area (Å²) in [5.41, 5.74) is 2.62. The summed E-state index contributed by atoms with van der Waals surface area (Å²) in [5, 5.41) is 10.3. The fraction of sp³-hybridized carbons (Fsp3) is 0.269. The minimum absolute atomic E-state index is 0.0208. The van der Waals surface area contributed by atoms with Crippen LogP contribution in [0.2, 0.25) is 10.0 Å². The standard InChI is InChI=1S/C26H25Cl2NO5S/c1-26(2)11-10-19-13-22(8-9-24(19)34-26)35(32,33)29(16-25(30)31)15-20-7-6-18(14-23(20)28)17-4-3-5-21(27)12-17/h3-9,12-14H,10-11,15-16H2,1-2H3,(H,30,31). The number of hydrogen-bond donors (Lipinski definition) is 1. The van der Waals surface area contributed by atoms with Crippen molar-refractivity contribution in [3.63, 3.8) is 0 Å². The molecule has 1 heterocycles. The number of aliphatic carboxylic acids is 1. The predicted molar refractivity (Wildman–Crippen MR) is 137 cm³/mol. The number of carboxylic acids is 1. The molecule has 0 fully saturated rings. The van der Waals surface area contributed by atoms with Crippen LogP contribution in [-0.2, 0) is 27.8 Å². The van der Waals surface area contributed by atoms with Gasteiger partial charge in [-0.15, -0.1) is 0 Å². The number of nitrogens with zero attached hydrogens (tertiary/aromatic N) is 1. The lowest BCUT2D eigenvalue weighted by Crippen LogP contribution is -2.36. The van der Waals surface area contributed by atoms with E-state index in [-0.39, 0.29) is 17.0 Å². The molecule has 4 rings (SSSR count). The Hall–Kier alpha value is -2.58. The Kier molecular flexibility index (Phi) is 7.16. The van der Waals surface area contributed by atoms with E-state index in [1.54, 1.807) is 42.5 Å². The molecule has 0 aromatic heterocycles. The first-order valence-corrected chi connectivity index (χ1v) is 13.2. The summed E-state index contributed by atoms with van der Waals surface area (Å²) in [6, 6.07) is 17.2. The lowest BCUT2D eigenvalue weighted by Gasteiger charge is -2.33. The molecule has 0 saturated carbocycles.